The topological polar surface area (TPSA) is 39.9 Å². The summed E-state index contributed by atoms with van der Waals surface area (Å²) in [5.74, 6) is 0. The predicted octanol–water partition coefficient (Wildman–Crippen LogP) is 1.00. The van der Waals surface area contributed by atoms with E-state index in [-0.39, 0.29) is 0 Å². The number of nitrogens with zero attached hydrogens (tertiary/aromatic N) is 3. The van der Waals surface area contributed by atoms with Crippen LogP contribution in [0, 0.1) is 0 Å². The average Bonchev–Trinajstić information content (AvgIpc) is 2.55. The second-order valence-electron chi connectivity index (χ2n) is 2.54. The Morgan fingerprint density at radius 1 is 1.73 bits per heavy atom. The molecule has 2 rings (SSSR count). The maximum Gasteiger partial charge on any atom is 0.148 e. The van der Waals surface area contributed by atoms with Gasteiger partial charge in [-0.05, 0) is 22.4 Å². The van der Waals surface area contributed by atoms with E-state index in [1.807, 2.05) is 10.9 Å². The van der Waals surface area contributed by atoms with Crippen molar-refractivity contribution in [3.05, 3.63) is 10.8 Å². The third-order valence-electron chi connectivity index (χ3n) is 1.76. The first-order chi connectivity index (χ1) is 5.36. The number of halogens is 1. The fraction of sp³-hybridized carbons (Fsp3) is 0.667. The minimum atomic E-state index is 0.383. The largest absolute Gasteiger partial charge is 0.379 e. The van der Waals surface area contributed by atoms with Crippen molar-refractivity contribution in [1.82, 2.24) is 15.0 Å². The lowest BCUT2D eigenvalue weighted by atomic mass is 10.3. The van der Waals surface area contributed by atoms with Crippen LogP contribution in [0.15, 0.2) is 10.8 Å². The molecule has 1 aliphatic heterocycles. The van der Waals surface area contributed by atoms with Gasteiger partial charge in [0.25, 0.3) is 0 Å². The summed E-state index contributed by atoms with van der Waals surface area (Å²) in [5.41, 5.74) is 0. The molecule has 60 valence electrons. The van der Waals surface area contributed by atoms with E-state index in [1.54, 1.807) is 0 Å². The molecule has 1 fully saturated rings. The van der Waals surface area contributed by atoms with Gasteiger partial charge in [0.15, 0.2) is 0 Å². The molecule has 1 atom stereocenters. The highest BCUT2D eigenvalue weighted by Crippen LogP contribution is 2.18. The van der Waals surface area contributed by atoms with Crippen molar-refractivity contribution in [3.63, 3.8) is 0 Å². The Morgan fingerprint density at radius 3 is 3.18 bits per heavy atom. The van der Waals surface area contributed by atoms with E-state index in [0.29, 0.717) is 6.04 Å². The van der Waals surface area contributed by atoms with Crippen molar-refractivity contribution in [2.24, 2.45) is 0 Å². The summed E-state index contributed by atoms with van der Waals surface area (Å²) in [6, 6.07) is 0.383. The molecule has 4 nitrogen and oxygen atoms in total. The first-order valence-corrected chi connectivity index (χ1v) is 4.30. The summed E-state index contributed by atoms with van der Waals surface area (Å²) in [6.07, 6.45) is 2.91. The van der Waals surface area contributed by atoms with Crippen LogP contribution in [-0.2, 0) is 4.74 Å². The van der Waals surface area contributed by atoms with Gasteiger partial charge in [0.2, 0.25) is 0 Å². The van der Waals surface area contributed by atoms with Crippen LogP contribution in [0.2, 0.25) is 0 Å². The SMILES string of the molecule is Brc1cn(C2CCOC2)nn1. The van der Waals surface area contributed by atoms with Crippen LogP contribution >= 0.6 is 15.9 Å². The molecule has 0 saturated carbocycles. The van der Waals surface area contributed by atoms with Crippen LogP contribution in [0.5, 0.6) is 0 Å². The number of rotatable bonds is 1. The maximum absolute atomic E-state index is 5.22. The molecule has 0 bridgehead atoms. The lowest BCUT2D eigenvalue weighted by Gasteiger charge is -2.04. The molecule has 0 aliphatic carbocycles. The van der Waals surface area contributed by atoms with E-state index < -0.39 is 0 Å². The molecule has 0 spiro atoms. The van der Waals surface area contributed by atoms with Gasteiger partial charge in [0.05, 0.1) is 18.8 Å². The number of hydrogen-bond donors (Lipinski definition) is 0. The van der Waals surface area contributed by atoms with E-state index in [9.17, 15) is 0 Å². The average molecular weight is 218 g/mol. The van der Waals surface area contributed by atoms with Crippen molar-refractivity contribution in [1.29, 1.82) is 0 Å². The molecule has 0 radical (unpaired) electrons. The Balaban J connectivity index is 2.15. The minimum absolute atomic E-state index is 0.383. The quantitative estimate of drug-likeness (QED) is 0.705. The molecule has 1 saturated heterocycles. The van der Waals surface area contributed by atoms with Gasteiger partial charge in [0, 0.05) is 6.61 Å². The molecular weight excluding hydrogens is 210 g/mol. The molecule has 0 N–H and O–H groups in total. The summed E-state index contributed by atoms with van der Waals surface area (Å²) in [5, 5.41) is 7.77. The van der Waals surface area contributed by atoms with Crippen LogP contribution < -0.4 is 0 Å². The lowest BCUT2D eigenvalue weighted by molar-refractivity contribution is 0.184. The van der Waals surface area contributed by atoms with Gasteiger partial charge >= 0.3 is 0 Å². The molecule has 0 aromatic carbocycles. The number of hydrogen-bond acceptors (Lipinski definition) is 3. The van der Waals surface area contributed by atoms with E-state index in [0.717, 1.165) is 24.2 Å². The lowest BCUT2D eigenvalue weighted by Crippen LogP contribution is -2.08. The maximum atomic E-state index is 5.22. The summed E-state index contributed by atoms with van der Waals surface area (Å²) >= 11 is 3.24. The van der Waals surface area contributed by atoms with Crippen molar-refractivity contribution in [3.8, 4) is 0 Å². The third-order valence-corrected chi connectivity index (χ3v) is 2.13. The van der Waals surface area contributed by atoms with Crippen molar-refractivity contribution >= 4 is 15.9 Å². The highest BCUT2D eigenvalue weighted by Gasteiger charge is 2.18. The van der Waals surface area contributed by atoms with Crippen LogP contribution in [-0.4, -0.2) is 28.2 Å². The summed E-state index contributed by atoms with van der Waals surface area (Å²) < 4.78 is 7.84. The van der Waals surface area contributed by atoms with Crippen molar-refractivity contribution in [2.45, 2.75) is 12.5 Å². The molecule has 5 heteroatoms. The normalized spacial score (nSPS) is 24.3. The summed E-state index contributed by atoms with van der Waals surface area (Å²) in [7, 11) is 0. The Hall–Kier alpha value is -0.420. The molecule has 1 unspecified atom stereocenters. The molecule has 1 aliphatic rings. The van der Waals surface area contributed by atoms with Crippen LogP contribution in [0.25, 0.3) is 0 Å². The second kappa shape index (κ2) is 2.91. The zero-order valence-electron chi connectivity index (χ0n) is 5.90. The van der Waals surface area contributed by atoms with Gasteiger partial charge in [-0.3, -0.25) is 0 Å². The summed E-state index contributed by atoms with van der Waals surface area (Å²) in [4.78, 5) is 0. The standard InChI is InChI=1S/C6H8BrN3O/c7-6-3-10(9-8-6)5-1-2-11-4-5/h3,5H,1-2,4H2. The smallest absolute Gasteiger partial charge is 0.148 e. The van der Waals surface area contributed by atoms with Crippen LogP contribution in [0.1, 0.15) is 12.5 Å². The molecule has 11 heavy (non-hydrogen) atoms. The number of aromatic nitrogens is 3. The van der Waals surface area contributed by atoms with Gasteiger partial charge in [-0.1, -0.05) is 5.21 Å². The Labute approximate surface area is 72.7 Å². The summed E-state index contributed by atoms with van der Waals surface area (Å²) in [6.45, 7) is 1.60. The zero-order valence-corrected chi connectivity index (χ0v) is 7.49. The van der Waals surface area contributed by atoms with Gasteiger partial charge in [-0.25, -0.2) is 4.68 Å². The monoisotopic (exact) mass is 217 g/mol. The predicted molar refractivity (Wildman–Crippen MR) is 42.2 cm³/mol. The Morgan fingerprint density at radius 2 is 2.64 bits per heavy atom. The van der Waals surface area contributed by atoms with E-state index in [2.05, 4.69) is 26.2 Å². The Bertz CT molecular complexity index is 244. The minimum Gasteiger partial charge on any atom is -0.379 e. The molecule has 0 amide bonds. The second-order valence-corrected chi connectivity index (χ2v) is 3.35. The van der Waals surface area contributed by atoms with E-state index >= 15 is 0 Å². The van der Waals surface area contributed by atoms with Gasteiger partial charge < -0.3 is 4.74 Å². The fourth-order valence-corrected chi connectivity index (χ4v) is 1.45. The van der Waals surface area contributed by atoms with Crippen LogP contribution in [0.3, 0.4) is 0 Å². The third kappa shape index (κ3) is 1.44. The molecule has 1 aromatic rings. The molecule has 2 heterocycles. The zero-order chi connectivity index (χ0) is 7.68. The number of ether oxygens (including phenoxy) is 1. The van der Waals surface area contributed by atoms with Gasteiger partial charge in [-0.2, -0.15) is 0 Å². The Kier molecular flexibility index (Phi) is 1.91. The van der Waals surface area contributed by atoms with Gasteiger partial charge in [0.1, 0.15) is 4.60 Å². The van der Waals surface area contributed by atoms with Crippen molar-refractivity contribution in [2.75, 3.05) is 13.2 Å². The highest BCUT2D eigenvalue weighted by molar-refractivity contribution is 9.10. The first kappa shape index (κ1) is 7.24. The first-order valence-electron chi connectivity index (χ1n) is 3.51. The molecular formula is C6H8BrN3O. The molecule has 1 aromatic heterocycles. The van der Waals surface area contributed by atoms with Crippen LogP contribution in [0.4, 0.5) is 0 Å². The fourth-order valence-electron chi connectivity index (χ4n) is 1.16. The van der Waals surface area contributed by atoms with E-state index in [1.165, 1.54) is 0 Å². The highest BCUT2D eigenvalue weighted by atomic mass is 79.9. The van der Waals surface area contributed by atoms with Gasteiger partial charge in [-0.15, -0.1) is 5.10 Å². The van der Waals surface area contributed by atoms with E-state index in [4.69, 9.17) is 4.74 Å². The van der Waals surface area contributed by atoms with Crippen molar-refractivity contribution < 1.29 is 4.74 Å².